The van der Waals surface area contributed by atoms with Crippen molar-refractivity contribution < 1.29 is 13.9 Å². The monoisotopic (exact) mass is 352 g/mol. The summed E-state index contributed by atoms with van der Waals surface area (Å²) in [5, 5.41) is 0.627. The molecular weight excluding hydrogens is 331 g/mol. The molecule has 134 valence electrons. The van der Waals surface area contributed by atoms with Gasteiger partial charge in [0, 0.05) is 30.6 Å². The van der Waals surface area contributed by atoms with Crippen molar-refractivity contribution >= 4 is 22.4 Å². The third-order valence-corrected chi connectivity index (χ3v) is 4.35. The van der Waals surface area contributed by atoms with Gasteiger partial charge >= 0.3 is 0 Å². The number of aromatic amines is 1. The second-order valence-electron chi connectivity index (χ2n) is 6.44. The summed E-state index contributed by atoms with van der Waals surface area (Å²) in [5.41, 5.74) is 3.24. The normalized spacial score (nSPS) is 10.8. The fraction of sp³-hybridized carbons (Fsp3) is 0.190. The minimum absolute atomic E-state index is 0.219. The van der Waals surface area contributed by atoms with Gasteiger partial charge < -0.3 is 14.6 Å². The number of halogens is 1. The molecule has 4 nitrogen and oxygen atoms in total. The molecule has 3 rings (SSSR count). The molecule has 0 aliphatic carbocycles. The molecule has 0 radical (unpaired) electrons. The van der Waals surface area contributed by atoms with Gasteiger partial charge in [0.25, 0.3) is 5.91 Å². The molecule has 0 atom stereocenters. The lowest BCUT2D eigenvalue weighted by molar-refractivity contribution is 0.0823. The number of allylic oxidation sites excluding steroid dienone is 1. The molecule has 1 N–H and O–H groups in total. The number of hydrogen-bond acceptors (Lipinski definition) is 2. The van der Waals surface area contributed by atoms with Crippen LogP contribution in [0.4, 0.5) is 4.39 Å². The maximum Gasteiger partial charge on any atom is 0.269 e. The summed E-state index contributed by atoms with van der Waals surface area (Å²) in [6, 6.07) is 11.0. The fourth-order valence-corrected chi connectivity index (χ4v) is 3.02. The average Bonchev–Trinajstić information content (AvgIpc) is 3.07. The zero-order valence-corrected chi connectivity index (χ0v) is 15.3. The van der Waals surface area contributed by atoms with Gasteiger partial charge in [0.2, 0.25) is 0 Å². The number of nitrogens with one attached hydrogen (secondary N) is 1. The molecule has 0 aliphatic rings. The van der Waals surface area contributed by atoms with Crippen LogP contribution in [0.1, 0.15) is 23.0 Å². The summed E-state index contributed by atoms with van der Waals surface area (Å²) in [7, 11) is 4.91. The first-order valence-electron chi connectivity index (χ1n) is 8.21. The van der Waals surface area contributed by atoms with E-state index in [9.17, 15) is 4.79 Å². The van der Waals surface area contributed by atoms with Crippen LogP contribution in [0.2, 0.25) is 0 Å². The number of aromatic nitrogens is 1. The molecule has 1 aromatic heterocycles. The van der Waals surface area contributed by atoms with E-state index in [-0.39, 0.29) is 11.4 Å². The number of benzene rings is 2. The van der Waals surface area contributed by atoms with Gasteiger partial charge in [-0.1, -0.05) is 24.8 Å². The Kier molecular flexibility index (Phi) is 4.55. The fourth-order valence-electron chi connectivity index (χ4n) is 3.02. The van der Waals surface area contributed by atoms with E-state index in [0.717, 1.165) is 11.1 Å². The first kappa shape index (κ1) is 17.7. The molecule has 0 saturated carbocycles. The number of rotatable bonds is 4. The Morgan fingerprint density at radius 3 is 2.50 bits per heavy atom. The topological polar surface area (TPSA) is 45.3 Å². The van der Waals surface area contributed by atoms with Crippen LogP contribution in [0.5, 0.6) is 5.75 Å². The molecule has 1 amide bonds. The molecule has 0 aliphatic heterocycles. The molecule has 2 aromatic carbocycles. The number of H-pyrrole nitrogens is 1. The number of carbonyl (C=O) groups excluding carboxylic acids is 1. The molecule has 3 aromatic rings. The van der Waals surface area contributed by atoms with E-state index >= 15 is 4.39 Å². The summed E-state index contributed by atoms with van der Waals surface area (Å²) in [6.07, 6.45) is 0. The molecule has 5 heteroatoms. The van der Waals surface area contributed by atoms with Crippen LogP contribution in [0.3, 0.4) is 0 Å². The number of para-hydroxylation sites is 1. The van der Waals surface area contributed by atoms with E-state index in [1.54, 1.807) is 40.3 Å². The van der Waals surface area contributed by atoms with Gasteiger partial charge in [-0.05, 0) is 36.3 Å². The van der Waals surface area contributed by atoms with E-state index in [2.05, 4.69) is 11.6 Å². The van der Waals surface area contributed by atoms with Crippen LogP contribution >= 0.6 is 0 Å². The highest BCUT2D eigenvalue weighted by molar-refractivity contribution is 6.04. The summed E-state index contributed by atoms with van der Waals surface area (Å²) in [5.74, 6) is 0.0437. The third kappa shape index (κ3) is 2.86. The van der Waals surface area contributed by atoms with E-state index < -0.39 is 5.82 Å². The van der Waals surface area contributed by atoms with Crippen molar-refractivity contribution in [2.45, 2.75) is 6.92 Å². The second kappa shape index (κ2) is 6.67. The Labute approximate surface area is 151 Å². The predicted octanol–water partition coefficient (Wildman–Crippen LogP) is 4.72. The molecular formula is C21H21FN2O2. The predicted molar refractivity (Wildman–Crippen MR) is 103 cm³/mol. The summed E-state index contributed by atoms with van der Waals surface area (Å²) in [4.78, 5) is 16.7. The van der Waals surface area contributed by atoms with Crippen molar-refractivity contribution in [2.75, 3.05) is 21.2 Å². The standard InChI is InChI=1S/C21H21FN2O2/c1-12(2)14-10-15(13-8-6-7-9-18(13)26-5)16-11-17(21(25)24(3)4)23-20(16)19(14)22/h6-11,23H,1H2,2-5H3. The van der Waals surface area contributed by atoms with Crippen molar-refractivity contribution in [3.05, 3.63) is 60.1 Å². The van der Waals surface area contributed by atoms with E-state index in [4.69, 9.17) is 4.74 Å². The molecule has 26 heavy (non-hydrogen) atoms. The average molecular weight is 352 g/mol. The minimum atomic E-state index is -0.413. The third-order valence-electron chi connectivity index (χ3n) is 4.35. The van der Waals surface area contributed by atoms with Gasteiger partial charge in [0.15, 0.2) is 5.82 Å². The SMILES string of the molecule is C=C(C)c1cc(-c2ccccc2OC)c2cc(C(=O)N(C)C)[nH]c2c1F. The Balaban J connectivity index is 2.39. The molecule has 0 fully saturated rings. The lowest BCUT2D eigenvalue weighted by atomic mass is 9.95. The van der Waals surface area contributed by atoms with Crippen molar-refractivity contribution in [1.82, 2.24) is 9.88 Å². The number of ether oxygens (including phenoxy) is 1. The number of amides is 1. The van der Waals surface area contributed by atoms with Gasteiger partial charge in [-0.15, -0.1) is 0 Å². The van der Waals surface area contributed by atoms with Gasteiger partial charge in [-0.25, -0.2) is 4.39 Å². The second-order valence-corrected chi connectivity index (χ2v) is 6.44. The largest absolute Gasteiger partial charge is 0.496 e. The van der Waals surface area contributed by atoms with Crippen LogP contribution in [0.15, 0.2) is 43.0 Å². The van der Waals surface area contributed by atoms with Crippen molar-refractivity contribution in [3.8, 4) is 16.9 Å². The van der Waals surface area contributed by atoms with Gasteiger partial charge in [-0.3, -0.25) is 4.79 Å². The van der Waals surface area contributed by atoms with Gasteiger partial charge in [-0.2, -0.15) is 0 Å². The van der Waals surface area contributed by atoms with Crippen molar-refractivity contribution in [2.24, 2.45) is 0 Å². The Bertz CT molecular complexity index is 1020. The number of nitrogens with zero attached hydrogens (tertiary/aromatic N) is 1. The maximum absolute atomic E-state index is 15.0. The van der Waals surface area contributed by atoms with E-state index in [1.165, 1.54) is 4.90 Å². The minimum Gasteiger partial charge on any atom is -0.496 e. The zero-order chi connectivity index (χ0) is 19.0. The molecule has 0 unspecified atom stereocenters. The highest BCUT2D eigenvalue weighted by atomic mass is 19.1. The Hall–Kier alpha value is -3.08. The number of hydrogen-bond donors (Lipinski definition) is 1. The number of carbonyl (C=O) groups is 1. The van der Waals surface area contributed by atoms with Crippen molar-refractivity contribution in [1.29, 1.82) is 0 Å². The molecule has 0 bridgehead atoms. The van der Waals surface area contributed by atoms with Gasteiger partial charge in [0.05, 0.1) is 12.6 Å². The number of methoxy groups -OCH3 is 1. The molecule has 0 spiro atoms. The van der Waals surface area contributed by atoms with Crippen molar-refractivity contribution in [3.63, 3.8) is 0 Å². The van der Waals surface area contributed by atoms with Crippen LogP contribution < -0.4 is 4.74 Å². The Morgan fingerprint density at radius 1 is 1.19 bits per heavy atom. The highest BCUT2D eigenvalue weighted by Gasteiger charge is 2.21. The van der Waals surface area contributed by atoms with Crippen LogP contribution in [-0.2, 0) is 0 Å². The maximum atomic E-state index is 15.0. The summed E-state index contributed by atoms with van der Waals surface area (Å²) in [6.45, 7) is 5.64. The van der Waals surface area contributed by atoms with E-state index in [0.29, 0.717) is 28.0 Å². The smallest absolute Gasteiger partial charge is 0.269 e. The first-order chi connectivity index (χ1) is 12.3. The summed E-state index contributed by atoms with van der Waals surface area (Å²) < 4.78 is 20.5. The highest BCUT2D eigenvalue weighted by Crippen LogP contribution is 2.39. The van der Waals surface area contributed by atoms with Gasteiger partial charge in [0.1, 0.15) is 11.4 Å². The van der Waals surface area contributed by atoms with Crippen LogP contribution in [0.25, 0.3) is 27.6 Å². The first-order valence-corrected chi connectivity index (χ1v) is 8.21. The summed E-state index contributed by atoms with van der Waals surface area (Å²) >= 11 is 0. The van der Waals surface area contributed by atoms with Crippen LogP contribution in [0, 0.1) is 5.82 Å². The molecule has 0 saturated heterocycles. The molecule has 1 heterocycles. The Morgan fingerprint density at radius 2 is 1.88 bits per heavy atom. The van der Waals surface area contributed by atoms with E-state index in [1.807, 2.05) is 24.3 Å². The quantitative estimate of drug-likeness (QED) is 0.739. The van der Waals surface area contributed by atoms with Crippen LogP contribution in [-0.4, -0.2) is 37.0 Å². The number of fused-ring (bicyclic) bond motifs is 1. The zero-order valence-electron chi connectivity index (χ0n) is 15.3. The lowest BCUT2D eigenvalue weighted by Crippen LogP contribution is -2.21. The lowest BCUT2D eigenvalue weighted by Gasteiger charge is -2.12.